The highest BCUT2D eigenvalue weighted by molar-refractivity contribution is 5.79. The van der Waals surface area contributed by atoms with Gasteiger partial charge in [-0.05, 0) is 55.4 Å². The maximum atomic E-state index is 11.0. The van der Waals surface area contributed by atoms with Crippen molar-refractivity contribution in [1.82, 2.24) is 4.98 Å². The van der Waals surface area contributed by atoms with E-state index in [4.69, 9.17) is 0 Å². The zero-order valence-electron chi connectivity index (χ0n) is 11.5. The Morgan fingerprint density at radius 1 is 1.21 bits per heavy atom. The molecule has 1 heterocycles. The summed E-state index contributed by atoms with van der Waals surface area (Å²) < 4.78 is 0. The van der Waals surface area contributed by atoms with E-state index in [1.165, 1.54) is 6.42 Å². The second-order valence-corrected chi connectivity index (χ2v) is 5.98. The van der Waals surface area contributed by atoms with Crippen molar-refractivity contribution in [2.24, 2.45) is 5.92 Å². The minimum absolute atomic E-state index is 0.644. The van der Waals surface area contributed by atoms with Gasteiger partial charge in [-0.1, -0.05) is 25.5 Å². The van der Waals surface area contributed by atoms with Crippen LogP contribution in [0.25, 0.3) is 10.9 Å². The Hall–Kier alpha value is -1.41. The summed E-state index contributed by atoms with van der Waals surface area (Å²) in [6.45, 7) is 2.29. The number of fused-ring (bicyclic) bond motifs is 1. The van der Waals surface area contributed by atoms with Crippen LogP contribution in [0.4, 0.5) is 0 Å². The van der Waals surface area contributed by atoms with Crippen LogP contribution < -0.4 is 0 Å². The molecule has 1 saturated carbocycles. The van der Waals surface area contributed by atoms with Crippen molar-refractivity contribution in [2.45, 2.75) is 44.6 Å². The summed E-state index contributed by atoms with van der Waals surface area (Å²) in [5.74, 6) is 0.733. The topological polar surface area (TPSA) is 33.1 Å². The van der Waals surface area contributed by atoms with Crippen molar-refractivity contribution in [2.75, 3.05) is 0 Å². The molecular weight excluding hydrogens is 234 g/mol. The number of hydrogen-bond acceptors (Lipinski definition) is 2. The van der Waals surface area contributed by atoms with Gasteiger partial charge >= 0.3 is 0 Å². The van der Waals surface area contributed by atoms with E-state index in [0.717, 1.165) is 48.1 Å². The molecule has 0 amide bonds. The zero-order chi connectivity index (χ0) is 13.3. The van der Waals surface area contributed by atoms with Crippen LogP contribution in [0, 0.1) is 5.92 Å². The van der Waals surface area contributed by atoms with Gasteiger partial charge in [-0.2, -0.15) is 0 Å². The predicted octanol–water partition coefficient (Wildman–Crippen LogP) is 4.02. The lowest BCUT2D eigenvalue weighted by Gasteiger charge is -2.27. The van der Waals surface area contributed by atoms with Gasteiger partial charge < -0.3 is 5.11 Å². The molecule has 0 bridgehead atoms. The molecule has 0 saturated heterocycles. The summed E-state index contributed by atoms with van der Waals surface area (Å²) in [5, 5.41) is 12.1. The third-order valence-electron chi connectivity index (χ3n) is 4.48. The summed E-state index contributed by atoms with van der Waals surface area (Å²) in [4.78, 5) is 4.34. The van der Waals surface area contributed by atoms with Crippen LogP contribution in [-0.2, 0) is 5.60 Å². The fourth-order valence-electron chi connectivity index (χ4n) is 3.15. The molecule has 2 nitrogen and oxygen atoms in total. The third-order valence-corrected chi connectivity index (χ3v) is 4.48. The minimum Gasteiger partial charge on any atom is -0.385 e. The third kappa shape index (κ3) is 2.50. The molecule has 1 aromatic carbocycles. The summed E-state index contributed by atoms with van der Waals surface area (Å²) >= 11 is 0. The average molecular weight is 255 g/mol. The van der Waals surface area contributed by atoms with Gasteiger partial charge in [-0.3, -0.25) is 4.98 Å². The van der Waals surface area contributed by atoms with Crippen molar-refractivity contribution >= 4 is 10.9 Å². The number of hydrogen-bond donors (Lipinski definition) is 1. The molecule has 0 spiro atoms. The molecule has 0 aliphatic heterocycles. The molecule has 2 unspecified atom stereocenters. The summed E-state index contributed by atoms with van der Waals surface area (Å²) in [6, 6.07) is 10.2. The highest BCUT2D eigenvalue weighted by atomic mass is 16.3. The molecule has 2 atom stereocenters. The van der Waals surface area contributed by atoms with Crippen LogP contribution in [0.1, 0.15) is 44.6 Å². The van der Waals surface area contributed by atoms with Crippen molar-refractivity contribution in [3.8, 4) is 0 Å². The van der Waals surface area contributed by atoms with Crippen LogP contribution in [0.15, 0.2) is 36.5 Å². The van der Waals surface area contributed by atoms with E-state index in [1.807, 2.05) is 24.4 Å². The van der Waals surface area contributed by atoms with E-state index in [2.05, 4.69) is 24.0 Å². The summed E-state index contributed by atoms with van der Waals surface area (Å²) in [7, 11) is 0. The second-order valence-electron chi connectivity index (χ2n) is 5.98. The van der Waals surface area contributed by atoms with Crippen molar-refractivity contribution in [3.05, 3.63) is 42.1 Å². The SMILES string of the molecule is CC1CCCC(O)(c2ccc3ncccc3c2)CC1. The lowest BCUT2D eigenvalue weighted by Crippen LogP contribution is -2.24. The Morgan fingerprint density at radius 3 is 3.00 bits per heavy atom. The standard InChI is InChI=1S/C17H21NO/c1-13-4-2-9-17(19,10-8-13)15-6-7-16-14(12-15)5-3-11-18-16/h3,5-7,11-13,19H,2,4,8-10H2,1H3. The Labute approximate surface area is 114 Å². The van der Waals surface area contributed by atoms with Gasteiger partial charge in [0.25, 0.3) is 0 Å². The molecule has 1 aromatic heterocycles. The first kappa shape index (κ1) is 12.6. The molecule has 1 fully saturated rings. The van der Waals surface area contributed by atoms with Gasteiger partial charge in [-0.15, -0.1) is 0 Å². The predicted molar refractivity (Wildman–Crippen MR) is 77.9 cm³/mol. The smallest absolute Gasteiger partial charge is 0.0896 e. The molecule has 2 aromatic rings. The van der Waals surface area contributed by atoms with Gasteiger partial charge in [-0.25, -0.2) is 0 Å². The van der Waals surface area contributed by atoms with E-state index < -0.39 is 5.60 Å². The molecule has 3 rings (SSSR count). The fourth-order valence-corrected chi connectivity index (χ4v) is 3.15. The first-order chi connectivity index (χ1) is 9.17. The Balaban J connectivity index is 1.97. The largest absolute Gasteiger partial charge is 0.385 e. The van der Waals surface area contributed by atoms with Gasteiger partial charge in [0.1, 0.15) is 0 Å². The Bertz CT molecular complexity index is 580. The van der Waals surface area contributed by atoms with E-state index in [1.54, 1.807) is 0 Å². The quantitative estimate of drug-likeness (QED) is 0.781. The molecule has 19 heavy (non-hydrogen) atoms. The Morgan fingerprint density at radius 2 is 2.11 bits per heavy atom. The fraction of sp³-hybridized carbons (Fsp3) is 0.471. The van der Waals surface area contributed by atoms with Crippen molar-refractivity contribution in [3.63, 3.8) is 0 Å². The van der Waals surface area contributed by atoms with Crippen LogP contribution in [0.3, 0.4) is 0 Å². The number of pyridine rings is 1. The number of rotatable bonds is 1. The minimum atomic E-state index is -0.644. The normalized spacial score (nSPS) is 28.2. The maximum absolute atomic E-state index is 11.0. The number of aromatic nitrogens is 1. The van der Waals surface area contributed by atoms with Crippen LogP contribution in [-0.4, -0.2) is 10.1 Å². The second kappa shape index (κ2) is 4.93. The molecule has 1 aliphatic carbocycles. The van der Waals surface area contributed by atoms with Gasteiger partial charge in [0.15, 0.2) is 0 Å². The zero-order valence-corrected chi connectivity index (χ0v) is 11.5. The monoisotopic (exact) mass is 255 g/mol. The highest BCUT2D eigenvalue weighted by Crippen LogP contribution is 2.38. The van der Waals surface area contributed by atoms with Gasteiger partial charge in [0.2, 0.25) is 0 Å². The van der Waals surface area contributed by atoms with Crippen LogP contribution >= 0.6 is 0 Å². The molecule has 1 aliphatic rings. The lowest BCUT2D eigenvalue weighted by atomic mass is 9.85. The number of benzene rings is 1. The lowest BCUT2D eigenvalue weighted by molar-refractivity contribution is 0.0199. The molecule has 2 heteroatoms. The average Bonchev–Trinajstić information content (AvgIpc) is 2.61. The first-order valence-corrected chi connectivity index (χ1v) is 7.25. The number of aliphatic hydroxyl groups is 1. The molecule has 100 valence electrons. The highest BCUT2D eigenvalue weighted by Gasteiger charge is 2.31. The number of nitrogens with zero attached hydrogens (tertiary/aromatic N) is 1. The first-order valence-electron chi connectivity index (χ1n) is 7.25. The molecular formula is C17H21NO. The molecule has 1 N–H and O–H groups in total. The van der Waals surface area contributed by atoms with Gasteiger partial charge in [0.05, 0.1) is 11.1 Å². The van der Waals surface area contributed by atoms with Crippen LogP contribution in [0.5, 0.6) is 0 Å². The summed E-state index contributed by atoms with van der Waals surface area (Å²) in [6.07, 6.45) is 7.02. The molecule has 0 radical (unpaired) electrons. The van der Waals surface area contributed by atoms with E-state index in [0.29, 0.717) is 0 Å². The van der Waals surface area contributed by atoms with Gasteiger partial charge in [0, 0.05) is 11.6 Å². The van der Waals surface area contributed by atoms with E-state index in [9.17, 15) is 5.11 Å². The summed E-state index contributed by atoms with van der Waals surface area (Å²) in [5.41, 5.74) is 1.41. The van der Waals surface area contributed by atoms with Crippen molar-refractivity contribution in [1.29, 1.82) is 0 Å². The van der Waals surface area contributed by atoms with Crippen LogP contribution in [0.2, 0.25) is 0 Å². The maximum Gasteiger partial charge on any atom is 0.0896 e. The van der Waals surface area contributed by atoms with E-state index >= 15 is 0 Å². The van der Waals surface area contributed by atoms with Crippen molar-refractivity contribution < 1.29 is 5.11 Å². The Kier molecular flexibility index (Phi) is 3.28. The van der Waals surface area contributed by atoms with E-state index in [-0.39, 0.29) is 0 Å².